The zero-order valence-corrected chi connectivity index (χ0v) is 13.8. The first-order chi connectivity index (χ1) is 9.56. The fraction of sp³-hybridized carbons (Fsp3) is 0.667. The van der Waals surface area contributed by atoms with Crippen molar-refractivity contribution in [3.63, 3.8) is 0 Å². The lowest BCUT2D eigenvalue weighted by atomic mass is 9.77. The van der Waals surface area contributed by atoms with Crippen LogP contribution in [-0.4, -0.2) is 12.1 Å². The largest absolute Gasteiger partial charge is 0.311 e. The minimum atomic E-state index is 0.528. The van der Waals surface area contributed by atoms with Crippen molar-refractivity contribution in [1.29, 1.82) is 0 Å². The molecule has 0 bridgehead atoms. The van der Waals surface area contributed by atoms with Crippen LogP contribution in [0.1, 0.15) is 52.0 Å². The summed E-state index contributed by atoms with van der Waals surface area (Å²) in [6, 6.07) is 9.48. The second-order valence-electron chi connectivity index (χ2n) is 6.70. The van der Waals surface area contributed by atoms with Crippen molar-refractivity contribution in [1.82, 2.24) is 5.32 Å². The molecule has 0 aliphatic heterocycles. The number of halogens is 1. The van der Waals surface area contributed by atoms with Crippen molar-refractivity contribution in [2.24, 2.45) is 11.8 Å². The molecule has 1 fully saturated rings. The Morgan fingerprint density at radius 2 is 1.75 bits per heavy atom. The Labute approximate surface area is 129 Å². The van der Waals surface area contributed by atoms with E-state index < -0.39 is 0 Å². The van der Waals surface area contributed by atoms with E-state index >= 15 is 0 Å². The van der Waals surface area contributed by atoms with Crippen LogP contribution < -0.4 is 5.32 Å². The molecule has 1 saturated carbocycles. The molecule has 0 spiro atoms. The second-order valence-corrected chi connectivity index (χ2v) is 7.13. The molecule has 1 aromatic carbocycles. The van der Waals surface area contributed by atoms with Gasteiger partial charge in [-0.2, -0.15) is 0 Å². The third-order valence-corrected chi connectivity index (χ3v) is 4.88. The van der Waals surface area contributed by atoms with E-state index in [4.69, 9.17) is 11.6 Å². The molecule has 1 nitrogen and oxygen atoms in total. The van der Waals surface area contributed by atoms with Gasteiger partial charge in [0.1, 0.15) is 0 Å². The lowest BCUT2D eigenvalue weighted by Crippen LogP contribution is -2.45. The molecule has 2 rings (SSSR count). The fourth-order valence-electron chi connectivity index (χ4n) is 3.56. The number of benzene rings is 1. The number of nitrogens with one attached hydrogen (secondary N) is 1. The van der Waals surface area contributed by atoms with E-state index in [0.717, 1.165) is 23.3 Å². The molecule has 2 heteroatoms. The fourth-order valence-corrected chi connectivity index (χ4v) is 3.69. The van der Waals surface area contributed by atoms with Crippen LogP contribution >= 0.6 is 11.6 Å². The quantitative estimate of drug-likeness (QED) is 0.799. The molecule has 0 heterocycles. The highest BCUT2D eigenvalue weighted by molar-refractivity contribution is 6.30. The number of hydrogen-bond acceptors (Lipinski definition) is 1. The molecule has 0 radical (unpaired) electrons. The highest BCUT2D eigenvalue weighted by Crippen LogP contribution is 2.30. The van der Waals surface area contributed by atoms with Gasteiger partial charge in [-0.25, -0.2) is 0 Å². The van der Waals surface area contributed by atoms with Crippen molar-refractivity contribution in [3.8, 4) is 0 Å². The summed E-state index contributed by atoms with van der Waals surface area (Å²) in [4.78, 5) is 0. The molecule has 1 aromatic rings. The summed E-state index contributed by atoms with van der Waals surface area (Å²) in [5.41, 5.74) is 1.37. The Balaban J connectivity index is 1.89. The summed E-state index contributed by atoms with van der Waals surface area (Å²) in [5, 5.41) is 4.70. The van der Waals surface area contributed by atoms with Gasteiger partial charge in [0.15, 0.2) is 0 Å². The van der Waals surface area contributed by atoms with Crippen LogP contribution in [0.4, 0.5) is 0 Å². The molecule has 3 unspecified atom stereocenters. The van der Waals surface area contributed by atoms with Crippen molar-refractivity contribution < 1.29 is 0 Å². The van der Waals surface area contributed by atoms with Gasteiger partial charge >= 0.3 is 0 Å². The van der Waals surface area contributed by atoms with Gasteiger partial charge in [-0.15, -0.1) is 0 Å². The van der Waals surface area contributed by atoms with E-state index in [1.807, 2.05) is 12.1 Å². The Bertz CT molecular complexity index is 398. The molecule has 1 aliphatic rings. The first-order valence-electron chi connectivity index (χ1n) is 8.06. The Kier molecular flexibility index (Phi) is 5.92. The van der Waals surface area contributed by atoms with Crippen molar-refractivity contribution in [3.05, 3.63) is 34.9 Å². The number of hydrogen-bond donors (Lipinski definition) is 1. The third-order valence-electron chi connectivity index (χ3n) is 4.63. The molecule has 20 heavy (non-hydrogen) atoms. The smallest absolute Gasteiger partial charge is 0.0406 e. The maximum atomic E-state index is 5.94. The standard InChI is InChI=1S/C18H28ClN/c1-13(2)17-6-4-5-7-18(17)20-14(3)12-15-8-10-16(19)11-9-15/h8-11,13-14,17-18,20H,4-7,12H2,1-3H3. The monoisotopic (exact) mass is 293 g/mol. The van der Waals surface area contributed by atoms with E-state index in [0.29, 0.717) is 12.1 Å². The topological polar surface area (TPSA) is 12.0 Å². The number of rotatable bonds is 5. The molecule has 0 saturated heterocycles. The van der Waals surface area contributed by atoms with Gasteiger partial charge in [0.05, 0.1) is 0 Å². The molecule has 1 aliphatic carbocycles. The summed E-state index contributed by atoms with van der Waals surface area (Å²) in [6.07, 6.45) is 6.61. The first-order valence-corrected chi connectivity index (χ1v) is 8.44. The van der Waals surface area contributed by atoms with Crippen molar-refractivity contribution in [2.75, 3.05) is 0 Å². The summed E-state index contributed by atoms with van der Waals surface area (Å²) >= 11 is 5.94. The van der Waals surface area contributed by atoms with Crippen LogP contribution in [0.25, 0.3) is 0 Å². The average molecular weight is 294 g/mol. The normalized spacial score (nSPS) is 24.9. The average Bonchev–Trinajstić information content (AvgIpc) is 2.41. The van der Waals surface area contributed by atoms with Crippen LogP contribution in [0, 0.1) is 11.8 Å². The highest BCUT2D eigenvalue weighted by Gasteiger charge is 2.28. The zero-order valence-electron chi connectivity index (χ0n) is 13.0. The lowest BCUT2D eigenvalue weighted by Gasteiger charge is -2.37. The predicted octanol–water partition coefficient (Wildman–Crippen LogP) is 5.08. The van der Waals surface area contributed by atoms with Crippen molar-refractivity contribution >= 4 is 11.6 Å². The molecular formula is C18H28ClN. The highest BCUT2D eigenvalue weighted by atomic mass is 35.5. The second kappa shape index (κ2) is 7.47. The van der Waals surface area contributed by atoms with Crippen LogP contribution in [0.5, 0.6) is 0 Å². The maximum absolute atomic E-state index is 5.94. The molecular weight excluding hydrogens is 266 g/mol. The van der Waals surface area contributed by atoms with E-state index in [-0.39, 0.29) is 0 Å². The van der Waals surface area contributed by atoms with Gasteiger partial charge in [0, 0.05) is 17.1 Å². The Hall–Kier alpha value is -0.530. The van der Waals surface area contributed by atoms with Gasteiger partial charge in [-0.3, -0.25) is 0 Å². The summed E-state index contributed by atoms with van der Waals surface area (Å²) in [5.74, 6) is 1.63. The van der Waals surface area contributed by atoms with Gasteiger partial charge in [-0.05, 0) is 55.7 Å². The van der Waals surface area contributed by atoms with E-state index in [9.17, 15) is 0 Å². The van der Waals surface area contributed by atoms with Gasteiger partial charge in [-0.1, -0.05) is 50.4 Å². The molecule has 1 N–H and O–H groups in total. The van der Waals surface area contributed by atoms with Crippen LogP contribution in [0.2, 0.25) is 5.02 Å². The van der Waals surface area contributed by atoms with Crippen LogP contribution in [0.15, 0.2) is 24.3 Å². The molecule has 3 atom stereocenters. The van der Waals surface area contributed by atoms with Gasteiger partial charge < -0.3 is 5.32 Å². The summed E-state index contributed by atoms with van der Waals surface area (Å²) in [7, 11) is 0. The van der Waals surface area contributed by atoms with E-state index in [1.54, 1.807) is 0 Å². The molecule has 112 valence electrons. The maximum Gasteiger partial charge on any atom is 0.0406 e. The summed E-state index contributed by atoms with van der Waals surface area (Å²) < 4.78 is 0. The zero-order chi connectivity index (χ0) is 14.5. The minimum absolute atomic E-state index is 0.528. The van der Waals surface area contributed by atoms with E-state index in [2.05, 4.69) is 38.2 Å². The van der Waals surface area contributed by atoms with Crippen molar-refractivity contribution in [2.45, 2.75) is 65.0 Å². The first kappa shape index (κ1) is 15.9. The Morgan fingerprint density at radius 3 is 2.40 bits per heavy atom. The van der Waals surface area contributed by atoms with E-state index in [1.165, 1.54) is 31.2 Å². The van der Waals surface area contributed by atoms with Gasteiger partial charge in [0.2, 0.25) is 0 Å². The third kappa shape index (κ3) is 4.49. The summed E-state index contributed by atoms with van der Waals surface area (Å²) in [6.45, 7) is 7.05. The lowest BCUT2D eigenvalue weighted by molar-refractivity contribution is 0.194. The van der Waals surface area contributed by atoms with Gasteiger partial charge in [0.25, 0.3) is 0 Å². The minimum Gasteiger partial charge on any atom is -0.311 e. The Morgan fingerprint density at radius 1 is 1.10 bits per heavy atom. The predicted molar refractivity (Wildman–Crippen MR) is 88.3 cm³/mol. The van der Waals surface area contributed by atoms with Crippen LogP contribution in [-0.2, 0) is 6.42 Å². The van der Waals surface area contributed by atoms with Crippen LogP contribution in [0.3, 0.4) is 0 Å². The molecule has 0 amide bonds. The SMILES string of the molecule is CC(Cc1ccc(Cl)cc1)NC1CCCCC1C(C)C. The molecule has 0 aromatic heterocycles.